The van der Waals surface area contributed by atoms with Crippen LogP contribution in [-0.4, -0.2) is 34.2 Å². The summed E-state index contributed by atoms with van der Waals surface area (Å²) in [5.74, 6) is 4.06. The maximum absolute atomic E-state index is 6.24. The Hall–Kier alpha value is -1.54. The van der Waals surface area contributed by atoms with Crippen LogP contribution in [0.4, 0.5) is 0 Å². The molecule has 0 aliphatic rings. The molecule has 4 unspecified atom stereocenters. The predicted octanol–water partition coefficient (Wildman–Crippen LogP) is 9.75. The molecular formula is C35H59N3OSi2. The molecule has 0 N–H and O–H groups in total. The van der Waals surface area contributed by atoms with Gasteiger partial charge in [0.2, 0.25) is 0 Å². The SMILES string of the molecule is CCCCCC(C)CCCCCC(C)C[Si]c1cncc(-c2ncccc2O[Si]CCCC(C)C(C)CCCC)n1. The van der Waals surface area contributed by atoms with Crippen molar-refractivity contribution in [3.63, 3.8) is 0 Å². The van der Waals surface area contributed by atoms with E-state index >= 15 is 0 Å². The molecule has 0 saturated carbocycles. The minimum atomic E-state index is 0.450. The molecule has 4 atom stereocenters. The number of unbranched alkanes of at least 4 members (excludes halogenated alkanes) is 5. The molecule has 0 aromatic carbocycles. The van der Waals surface area contributed by atoms with Crippen LogP contribution in [0.15, 0.2) is 30.7 Å². The number of pyridine rings is 1. The third kappa shape index (κ3) is 15.5. The lowest BCUT2D eigenvalue weighted by Crippen LogP contribution is -2.21. The molecule has 4 radical (unpaired) electrons. The van der Waals surface area contributed by atoms with Crippen LogP contribution < -0.4 is 9.74 Å². The van der Waals surface area contributed by atoms with Crippen molar-refractivity contribution in [1.29, 1.82) is 0 Å². The van der Waals surface area contributed by atoms with Gasteiger partial charge in [-0.15, -0.1) is 0 Å². The Labute approximate surface area is 258 Å². The van der Waals surface area contributed by atoms with Gasteiger partial charge in [-0.2, -0.15) is 0 Å². The Kier molecular flexibility index (Phi) is 19.2. The molecular weight excluding hydrogens is 535 g/mol. The van der Waals surface area contributed by atoms with E-state index in [1.165, 1.54) is 95.9 Å². The summed E-state index contributed by atoms with van der Waals surface area (Å²) in [5.41, 5.74) is 1.65. The maximum Gasteiger partial charge on any atom is 0.310 e. The summed E-state index contributed by atoms with van der Waals surface area (Å²) in [6, 6.07) is 6.26. The Balaban J connectivity index is 1.73. The first-order chi connectivity index (χ1) is 19.9. The standard InChI is InChI=1S/C35H59N3OSi2/c1-7-9-12-17-28(3)18-13-11-14-19-29(4)27-40-34-26-36-25-32(38-34)35-33(22-15-23-37-35)39-41-24-16-21-31(6)30(5)20-10-8-2/h15,22-23,25-26,28-31H,7-14,16-21,24,27H2,1-6H3. The van der Waals surface area contributed by atoms with Gasteiger partial charge in [0.25, 0.3) is 0 Å². The van der Waals surface area contributed by atoms with Gasteiger partial charge < -0.3 is 4.43 Å². The molecule has 0 saturated heterocycles. The average Bonchev–Trinajstić information content (AvgIpc) is 2.98. The second-order valence-electron chi connectivity index (χ2n) is 12.6. The lowest BCUT2D eigenvalue weighted by atomic mass is 9.88. The van der Waals surface area contributed by atoms with E-state index < -0.39 is 0 Å². The summed E-state index contributed by atoms with van der Waals surface area (Å²) >= 11 is 0. The van der Waals surface area contributed by atoms with E-state index in [9.17, 15) is 0 Å². The number of rotatable bonds is 24. The second-order valence-corrected chi connectivity index (χ2v) is 14.9. The molecule has 0 aliphatic carbocycles. The van der Waals surface area contributed by atoms with Gasteiger partial charge in [-0.1, -0.05) is 137 Å². The Bertz CT molecular complexity index is 928. The van der Waals surface area contributed by atoms with Crippen molar-refractivity contribution in [3.8, 4) is 17.1 Å². The van der Waals surface area contributed by atoms with Crippen LogP contribution in [0, 0.1) is 23.7 Å². The zero-order valence-electron chi connectivity index (χ0n) is 27.3. The molecule has 6 heteroatoms. The van der Waals surface area contributed by atoms with E-state index in [0.717, 1.165) is 52.2 Å². The Morgan fingerprint density at radius 2 is 1.44 bits per heavy atom. The highest BCUT2D eigenvalue weighted by molar-refractivity contribution is 6.52. The lowest BCUT2D eigenvalue weighted by Gasteiger charge is -2.19. The number of hydrogen-bond acceptors (Lipinski definition) is 4. The van der Waals surface area contributed by atoms with E-state index in [2.05, 4.69) is 51.5 Å². The van der Waals surface area contributed by atoms with E-state index in [-0.39, 0.29) is 0 Å². The maximum atomic E-state index is 6.24. The zero-order valence-corrected chi connectivity index (χ0v) is 29.3. The van der Waals surface area contributed by atoms with Crippen LogP contribution in [-0.2, 0) is 0 Å². The normalized spacial score (nSPS) is 14.5. The summed E-state index contributed by atoms with van der Waals surface area (Å²) in [6.45, 7) is 14.2. The second kappa shape index (κ2) is 22.1. The molecule has 0 amide bonds. The number of nitrogens with zero attached hydrogens (tertiary/aromatic N) is 3. The number of aromatic nitrogens is 3. The van der Waals surface area contributed by atoms with Crippen LogP contribution in [0.1, 0.15) is 131 Å². The van der Waals surface area contributed by atoms with Crippen molar-refractivity contribution in [2.75, 3.05) is 0 Å². The van der Waals surface area contributed by atoms with Gasteiger partial charge in [-0.3, -0.25) is 15.0 Å². The highest BCUT2D eigenvalue weighted by atomic mass is 28.2. The molecule has 0 aliphatic heterocycles. The fourth-order valence-electron chi connectivity index (χ4n) is 5.38. The Morgan fingerprint density at radius 1 is 0.756 bits per heavy atom. The van der Waals surface area contributed by atoms with Gasteiger partial charge in [0.05, 0.1) is 6.20 Å². The molecule has 0 fully saturated rings. The minimum absolute atomic E-state index is 0.450. The van der Waals surface area contributed by atoms with E-state index in [1.54, 1.807) is 0 Å². The third-order valence-corrected chi connectivity index (χ3v) is 11.0. The van der Waals surface area contributed by atoms with Crippen molar-refractivity contribution in [1.82, 2.24) is 15.0 Å². The highest BCUT2D eigenvalue weighted by Gasteiger charge is 2.14. The van der Waals surface area contributed by atoms with Crippen molar-refractivity contribution < 1.29 is 4.43 Å². The number of hydrogen-bond donors (Lipinski definition) is 0. The van der Waals surface area contributed by atoms with Crippen LogP contribution >= 0.6 is 0 Å². The summed E-state index contributed by atoms with van der Waals surface area (Å²) in [6.07, 6.45) is 24.5. The van der Waals surface area contributed by atoms with Crippen LogP contribution in [0.3, 0.4) is 0 Å². The summed E-state index contributed by atoms with van der Waals surface area (Å²) in [7, 11) is 1.14. The molecule has 2 rings (SSSR count). The largest absolute Gasteiger partial charge is 0.539 e. The van der Waals surface area contributed by atoms with Crippen molar-refractivity contribution >= 4 is 24.6 Å². The van der Waals surface area contributed by atoms with Gasteiger partial charge in [0.1, 0.15) is 26.7 Å². The quantitative estimate of drug-likeness (QED) is 0.0898. The molecule has 0 bridgehead atoms. The van der Waals surface area contributed by atoms with Gasteiger partial charge in [-0.05, 0) is 41.8 Å². The smallest absolute Gasteiger partial charge is 0.310 e. The molecule has 2 heterocycles. The topological polar surface area (TPSA) is 47.9 Å². The molecule has 4 nitrogen and oxygen atoms in total. The highest BCUT2D eigenvalue weighted by Crippen LogP contribution is 2.26. The van der Waals surface area contributed by atoms with Crippen molar-refractivity contribution in [2.45, 2.75) is 144 Å². The molecule has 2 aromatic rings. The van der Waals surface area contributed by atoms with Gasteiger partial charge >= 0.3 is 9.76 Å². The summed E-state index contributed by atoms with van der Waals surface area (Å²) in [5, 5.41) is 1.08. The van der Waals surface area contributed by atoms with E-state index in [1.807, 2.05) is 30.7 Å². The van der Waals surface area contributed by atoms with Crippen LogP contribution in [0.5, 0.6) is 5.75 Å². The third-order valence-electron chi connectivity index (χ3n) is 8.58. The first kappa shape index (κ1) is 35.7. The van der Waals surface area contributed by atoms with Gasteiger partial charge in [-0.25, -0.2) is 0 Å². The fourth-order valence-corrected chi connectivity index (χ4v) is 7.28. The Morgan fingerprint density at radius 3 is 2.17 bits per heavy atom. The van der Waals surface area contributed by atoms with Crippen LogP contribution in [0.2, 0.25) is 12.1 Å². The van der Waals surface area contributed by atoms with E-state index in [0.29, 0.717) is 19.3 Å². The molecule has 41 heavy (non-hydrogen) atoms. The van der Waals surface area contributed by atoms with Gasteiger partial charge in [0, 0.05) is 17.7 Å². The summed E-state index contributed by atoms with van der Waals surface area (Å²) < 4.78 is 6.24. The zero-order chi connectivity index (χ0) is 29.7. The monoisotopic (exact) mass is 593 g/mol. The van der Waals surface area contributed by atoms with E-state index in [4.69, 9.17) is 9.41 Å². The molecule has 0 spiro atoms. The predicted molar refractivity (Wildman–Crippen MR) is 179 cm³/mol. The van der Waals surface area contributed by atoms with Crippen LogP contribution in [0.25, 0.3) is 11.4 Å². The van der Waals surface area contributed by atoms with Crippen molar-refractivity contribution in [3.05, 3.63) is 30.7 Å². The van der Waals surface area contributed by atoms with Gasteiger partial charge in [0.15, 0.2) is 0 Å². The summed E-state index contributed by atoms with van der Waals surface area (Å²) in [4.78, 5) is 14.1. The minimum Gasteiger partial charge on any atom is -0.539 e. The molecule has 2 aromatic heterocycles. The first-order valence-electron chi connectivity index (χ1n) is 16.8. The van der Waals surface area contributed by atoms with Crippen molar-refractivity contribution in [2.24, 2.45) is 23.7 Å². The fraction of sp³-hybridized carbons (Fsp3) is 0.743. The first-order valence-corrected chi connectivity index (χ1v) is 19.2. The molecule has 228 valence electrons. The average molecular weight is 594 g/mol. The lowest BCUT2D eigenvalue weighted by molar-refractivity contribution is 0.333.